The van der Waals surface area contributed by atoms with Crippen molar-refractivity contribution in [1.82, 2.24) is 15.5 Å². The molecule has 0 unspecified atom stereocenters. The third kappa shape index (κ3) is 3.07. The molecule has 2 aliphatic rings. The summed E-state index contributed by atoms with van der Waals surface area (Å²) >= 11 is 0. The topological polar surface area (TPSA) is 70.7 Å². The Morgan fingerprint density at radius 3 is 2.88 bits per heavy atom. The molecule has 7 heteroatoms. The van der Waals surface area contributed by atoms with Crippen molar-refractivity contribution >= 4 is 24.2 Å². The van der Waals surface area contributed by atoms with Gasteiger partial charge in [0.2, 0.25) is 5.91 Å². The van der Waals surface area contributed by atoms with Gasteiger partial charge in [0.15, 0.2) is 0 Å². The third-order valence-corrected chi connectivity index (χ3v) is 2.55. The molecule has 16 heavy (non-hydrogen) atoms. The van der Waals surface area contributed by atoms with Gasteiger partial charge in [-0.3, -0.25) is 9.59 Å². The number of nitrogens with one attached hydrogen (secondary N) is 2. The van der Waals surface area contributed by atoms with Gasteiger partial charge in [-0.1, -0.05) is 0 Å². The minimum absolute atomic E-state index is 0. The van der Waals surface area contributed by atoms with Crippen molar-refractivity contribution in [3.63, 3.8) is 0 Å². The molecule has 2 heterocycles. The average Bonchev–Trinajstić information content (AvgIpc) is 2.29. The van der Waals surface area contributed by atoms with Crippen LogP contribution in [0.5, 0.6) is 0 Å². The third-order valence-electron chi connectivity index (χ3n) is 2.55. The van der Waals surface area contributed by atoms with Crippen LogP contribution in [0.3, 0.4) is 0 Å². The molecule has 1 atom stereocenters. The molecule has 92 valence electrons. The predicted octanol–water partition coefficient (Wildman–Crippen LogP) is -1.64. The van der Waals surface area contributed by atoms with E-state index in [1.54, 1.807) is 4.90 Å². The van der Waals surface area contributed by atoms with E-state index in [9.17, 15) is 9.59 Å². The number of carbonyl (C=O) groups is 2. The zero-order valence-corrected chi connectivity index (χ0v) is 9.72. The van der Waals surface area contributed by atoms with E-state index in [0.717, 1.165) is 6.54 Å². The molecule has 2 rings (SSSR count). The Labute approximate surface area is 100 Å². The number of halogens is 1. The van der Waals surface area contributed by atoms with Gasteiger partial charge in [0.1, 0.15) is 6.10 Å². The molecule has 2 aliphatic heterocycles. The minimum Gasteiger partial charge on any atom is -0.366 e. The maximum atomic E-state index is 11.9. The zero-order chi connectivity index (χ0) is 10.7. The van der Waals surface area contributed by atoms with Crippen molar-refractivity contribution in [3.8, 4) is 0 Å². The van der Waals surface area contributed by atoms with Crippen molar-refractivity contribution in [3.05, 3.63) is 0 Å². The molecule has 6 nitrogen and oxygen atoms in total. The fraction of sp³-hybridized carbons (Fsp3) is 0.778. The Hall–Kier alpha value is -0.850. The van der Waals surface area contributed by atoms with Crippen LogP contribution in [0.1, 0.15) is 0 Å². The highest BCUT2D eigenvalue weighted by molar-refractivity contribution is 5.88. The molecule has 0 aromatic rings. The number of hydrogen-bond donors (Lipinski definition) is 2. The molecule has 2 fully saturated rings. The maximum Gasteiger partial charge on any atom is 0.253 e. The van der Waals surface area contributed by atoms with Crippen LogP contribution in [-0.2, 0) is 14.3 Å². The lowest BCUT2D eigenvalue weighted by atomic mass is 10.2. The van der Waals surface area contributed by atoms with E-state index in [2.05, 4.69) is 10.6 Å². The van der Waals surface area contributed by atoms with E-state index in [0.29, 0.717) is 26.2 Å². The van der Waals surface area contributed by atoms with E-state index < -0.39 is 6.10 Å². The number of morpholine rings is 1. The van der Waals surface area contributed by atoms with Crippen molar-refractivity contribution in [2.75, 3.05) is 39.3 Å². The lowest BCUT2D eigenvalue weighted by Gasteiger charge is -2.31. The Balaban J connectivity index is 0.00000128. The standard InChI is InChI=1S/C9H15N3O3.ClH/c13-8-6-12(3-1-11-8)9(14)7-5-10-2-4-15-7;/h7,10H,1-6H2,(H,11,13);1H/t7-;/m0./s1. The van der Waals surface area contributed by atoms with Gasteiger partial charge in [-0.15, -0.1) is 12.4 Å². The summed E-state index contributed by atoms with van der Waals surface area (Å²) in [6, 6.07) is 0. The van der Waals surface area contributed by atoms with E-state index in [1.807, 2.05) is 0 Å². The molecule has 0 spiro atoms. The highest BCUT2D eigenvalue weighted by Gasteiger charge is 2.29. The molecule has 0 aromatic carbocycles. The van der Waals surface area contributed by atoms with Crippen LogP contribution in [0.2, 0.25) is 0 Å². The lowest BCUT2D eigenvalue weighted by molar-refractivity contribution is -0.149. The lowest BCUT2D eigenvalue weighted by Crippen LogP contribution is -2.56. The first-order valence-electron chi connectivity index (χ1n) is 5.15. The quantitative estimate of drug-likeness (QED) is 0.585. The summed E-state index contributed by atoms with van der Waals surface area (Å²) < 4.78 is 5.34. The number of nitrogens with zero attached hydrogens (tertiary/aromatic N) is 1. The van der Waals surface area contributed by atoms with E-state index in [1.165, 1.54) is 0 Å². The van der Waals surface area contributed by atoms with Crippen LogP contribution < -0.4 is 10.6 Å². The number of rotatable bonds is 1. The number of ether oxygens (including phenoxy) is 1. The molecule has 2 amide bonds. The van der Waals surface area contributed by atoms with Crippen LogP contribution in [0.25, 0.3) is 0 Å². The van der Waals surface area contributed by atoms with Crippen molar-refractivity contribution < 1.29 is 14.3 Å². The largest absolute Gasteiger partial charge is 0.366 e. The smallest absolute Gasteiger partial charge is 0.253 e. The molecule has 2 N–H and O–H groups in total. The molecule has 0 aliphatic carbocycles. The maximum absolute atomic E-state index is 11.9. The number of carbonyl (C=O) groups excluding carboxylic acids is 2. The number of hydrogen-bond acceptors (Lipinski definition) is 4. The zero-order valence-electron chi connectivity index (χ0n) is 8.90. The molecular weight excluding hydrogens is 234 g/mol. The van der Waals surface area contributed by atoms with Crippen LogP contribution >= 0.6 is 12.4 Å². The van der Waals surface area contributed by atoms with Crippen LogP contribution in [0.15, 0.2) is 0 Å². The first-order chi connectivity index (χ1) is 7.27. The second-order valence-corrected chi connectivity index (χ2v) is 3.67. The van der Waals surface area contributed by atoms with Gasteiger partial charge < -0.3 is 20.3 Å². The summed E-state index contributed by atoms with van der Waals surface area (Å²) in [7, 11) is 0. The van der Waals surface area contributed by atoms with Gasteiger partial charge in [0.25, 0.3) is 5.91 Å². The van der Waals surface area contributed by atoms with Crippen molar-refractivity contribution in [2.24, 2.45) is 0 Å². The summed E-state index contributed by atoms with van der Waals surface area (Å²) in [5, 5.41) is 5.77. The summed E-state index contributed by atoms with van der Waals surface area (Å²) in [5.74, 6) is -0.185. The predicted molar refractivity (Wildman–Crippen MR) is 59.4 cm³/mol. The Kier molecular flexibility index (Phi) is 4.98. The van der Waals surface area contributed by atoms with Gasteiger partial charge >= 0.3 is 0 Å². The summed E-state index contributed by atoms with van der Waals surface area (Å²) in [6.45, 7) is 3.13. The molecule has 0 bridgehead atoms. The highest BCUT2D eigenvalue weighted by Crippen LogP contribution is 2.03. The van der Waals surface area contributed by atoms with E-state index in [4.69, 9.17) is 4.74 Å². The fourth-order valence-corrected chi connectivity index (χ4v) is 1.75. The molecule has 2 saturated heterocycles. The van der Waals surface area contributed by atoms with Crippen molar-refractivity contribution in [1.29, 1.82) is 0 Å². The summed E-state index contributed by atoms with van der Waals surface area (Å²) in [6.07, 6.45) is -0.426. The van der Waals surface area contributed by atoms with Gasteiger partial charge in [0.05, 0.1) is 13.2 Å². The second-order valence-electron chi connectivity index (χ2n) is 3.67. The van der Waals surface area contributed by atoms with Crippen LogP contribution in [0.4, 0.5) is 0 Å². The first kappa shape index (κ1) is 13.2. The number of piperazine rings is 1. The monoisotopic (exact) mass is 249 g/mol. The minimum atomic E-state index is -0.426. The van der Waals surface area contributed by atoms with Gasteiger partial charge in [-0.2, -0.15) is 0 Å². The summed E-state index contributed by atoms with van der Waals surface area (Å²) in [5.41, 5.74) is 0. The van der Waals surface area contributed by atoms with Crippen LogP contribution in [-0.4, -0.2) is 62.1 Å². The van der Waals surface area contributed by atoms with Gasteiger partial charge in [-0.05, 0) is 0 Å². The van der Waals surface area contributed by atoms with Crippen LogP contribution in [0, 0.1) is 0 Å². The fourth-order valence-electron chi connectivity index (χ4n) is 1.75. The second kappa shape index (κ2) is 6.03. The SMILES string of the molecule is Cl.O=C1CN(C(=O)[C@@H]2CNCCO2)CCN1. The van der Waals surface area contributed by atoms with Gasteiger partial charge in [-0.25, -0.2) is 0 Å². The Morgan fingerprint density at radius 2 is 2.25 bits per heavy atom. The Bertz CT molecular complexity index is 269. The first-order valence-corrected chi connectivity index (χ1v) is 5.15. The molecule has 0 aromatic heterocycles. The molecule has 0 radical (unpaired) electrons. The highest BCUT2D eigenvalue weighted by atomic mass is 35.5. The van der Waals surface area contributed by atoms with Crippen molar-refractivity contribution in [2.45, 2.75) is 6.10 Å². The van der Waals surface area contributed by atoms with E-state index >= 15 is 0 Å². The summed E-state index contributed by atoms with van der Waals surface area (Å²) in [4.78, 5) is 24.5. The normalized spacial score (nSPS) is 25.6. The average molecular weight is 250 g/mol. The van der Waals surface area contributed by atoms with E-state index in [-0.39, 0.29) is 30.8 Å². The Morgan fingerprint density at radius 1 is 1.44 bits per heavy atom. The molecular formula is C9H16ClN3O3. The molecule has 0 saturated carbocycles. The van der Waals surface area contributed by atoms with Gasteiger partial charge in [0, 0.05) is 26.2 Å². The number of amides is 2.